The SMILES string of the molecule is CCCCN(CCCC)CC1=CC(C)(C)N([O])C1(C)C. The molecule has 0 aromatic rings. The summed E-state index contributed by atoms with van der Waals surface area (Å²) in [6.45, 7) is 15.8. The maximum absolute atomic E-state index is 12.4. The maximum atomic E-state index is 12.4. The minimum atomic E-state index is -0.375. The monoisotopic (exact) mass is 281 g/mol. The molecule has 0 fully saturated rings. The summed E-state index contributed by atoms with van der Waals surface area (Å²) in [7, 11) is 0. The lowest BCUT2D eigenvalue weighted by atomic mass is 9.96. The Morgan fingerprint density at radius 3 is 1.90 bits per heavy atom. The summed E-state index contributed by atoms with van der Waals surface area (Å²) in [5, 5.41) is 13.7. The Balaban J connectivity index is 2.76. The Morgan fingerprint density at radius 2 is 1.55 bits per heavy atom. The lowest BCUT2D eigenvalue weighted by Crippen LogP contribution is -2.48. The fourth-order valence-corrected chi connectivity index (χ4v) is 3.03. The van der Waals surface area contributed by atoms with Gasteiger partial charge in [-0.05, 0) is 59.2 Å². The molecule has 1 rings (SSSR count). The highest BCUT2D eigenvalue weighted by Gasteiger charge is 2.46. The zero-order valence-corrected chi connectivity index (χ0v) is 14.3. The minimum Gasteiger partial charge on any atom is -0.299 e. The number of rotatable bonds is 8. The van der Waals surface area contributed by atoms with Crippen LogP contribution in [0.25, 0.3) is 0 Å². The summed E-state index contributed by atoms with van der Waals surface area (Å²) in [6, 6.07) is 0. The van der Waals surface area contributed by atoms with Crippen LogP contribution >= 0.6 is 0 Å². The van der Waals surface area contributed by atoms with Crippen LogP contribution in [0.4, 0.5) is 0 Å². The number of hydrogen-bond donors (Lipinski definition) is 0. The van der Waals surface area contributed by atoms with E-state index in [2.05, 4.69) is 38.7 Å². The number of hydrogen-bond acceptors (Lipinski definition) is 2. The summed E-state index contributed by atoms with van der Waals surface area (Å²) < 4.78 is 0. The molecule has 0 saturated heterocycles. The second-order valence-corrected chi connectivity index (χ2v) is 7.16. The molecule has 1 radical (unpaired) electrons. The predicted molar refractivity (Wildman–Crippen MR) is 85.0 cm³/mol. The number of nitrogens with zero attached hydrogens (tertiary/aromatic N) is 2. The van der Waals surface area contributed by atoms with Crippen molar-refractivity contribution in [1.82, 2.24) is 9.96 Å². The van der Waals surface area contributed by atoms with Crippen LogP contribution in [0.3, 0.4) is 0 Å². The van der Waals surface area contributed by atoms with E-state index in [1.165, 1.54) is 36.3 Å². The molecule has 3 nitrogen and oxygen atoms in total. The van der Waals surface area contributed by atoms with E-state index in [-0.39, 0.29) is 11.1 Å². The third kappa shape index (κ3) is 4.06. The van der Waals surface area contributed by atoms with Crippen molar-refractivity contribution in [2.45, 2.75) is 78.3 Å². The van der Waals surface area contributed by atoms with Gasteiger partial charge in [-0.25, -0.2) is 0 Å². The molecule has 0 saturated carbocycles. The quantitative estimate of drug-likeness (QED) is 0.628. The number of hydroxylamine groups is 2. The molecule has 0 bridgehead atoms. The van der Waals surface area contributed by atoms with E-state index in [4.69, 9.17) is 0 Å². The Labute approximate surface area is 125 Å². The van der Waals surface area contributed by atoms with Gasteiger partial charge in [0.1, 0.15) is 0 Å². The maximum Gasteiger partial charge on any atom is 0.0668 e. The van der Waals surface area contributed by atoms with E-state index >= 15 is 0 Å². The number of unbranched alkanes of at least 4 members (excludes halogenated alkanes) is 2. The minimum absolute atomic E-state index is 0.375. The van der Waals surface area contributed by atoms with Crippen LogP contribution in [0.5, 0.6) is 0 Å². The van der Waals surface area contributed by atoms with E-state index in [1.54, 1.807) is 0 Å². The molecule has 0 aromatic heterocycles. The van der Waals surface area contributed by atoms with Gasteiger partial charge >= 0.3 is 0 Å². The first-order valence-electron chi connectivity index (χ1n) is 8.17. The highest BCUT2D eigenvalue weighted by atomic mass is 16.5. The van der Waals surface area contributed by atoms with Crippen LogP contribution in [0.1, 0.15) is 67.2 Å². The van der Waals surface area contributed by atoms with Gasteiger partial charge in [0.25, 0.3) is 0 Å². The fourth-order valence-electron chi connectivity index (χ4n) is 3.03. The fraction of sp³-hybridized carbons (Fsp3) is 0.882. The molecule has 20 heavy (non-hydrogen) atoms. The third-order valence-corrected chi connectivity index (χ3v) is 4.39. The molecular formula is C17H33N2O. The first-order valence-corrected chi connectivity index (χ1v) is 8.17. The predicted octanol–water partition coefficient (Wildman–Crippen LogP) is 4.03. The molecule has 0 N–H and O–H groups in total. The zero-order valence-electron chi connectivity index (χ0n) is 14.3. The van der Waals surface area contributed by atoms with E-state index in [0.717, 1.165) is 19.6 Å². The molecular weight excluding hydrogens is 248 g/mol. The summed E-state index contributed by atoms with van der Waals surface area (Å²) in [5.41, 5.74) is 0.532. The Hall–Kier alpha value is -0.380. The Kier molecular flexibility index (Phi) is 6.24. The molecule has 117 valence electrons. The third-order valence-electron chi connectivity index (χ3n) is 4.39. The summed E-state index contributed by atoms with van der Waals surface area (Å²) in [4.78, 5) is 2.52. The van der Waals surface area contributed by atoms with E-state index < -0.39 is 0 Å². The van der Waals surface area contributed by atoms with Gasteiger partial charge in [0.15, 0.2) is 0 Å². The van der Waals surface area contributed by atoms with Crippen molar-refractivity contribution >= 4 is 0 Å². The largest absolute Gasteiger partial charge is 0.299 e. The lowest BCUT2D eigenvalue weighted by molar-refractivity contribution is -0.238. The van der Waals surface area contributed by atoms with Crippen LogP contribution in [0.2, 0.25) is 0 Å². The summed E-state index contributed by atoms with van der Waals surface area (Å²) in [5.74, 6) is 0. The van der Waals surface area contributed by atoms with Gasteiger partial charge in [0.2, 0.25) is 0 Å². The van der Waals surface area contributed by atoms with Gasteiger partial charge in [-0.15, -0.1) is 10.3 Å². The van der Waals surface area contributed by atoms with Crippen LogP contribution < -0.4 is 0 Å². The summed E-state index contributed by atoms with van der Waals surface area (Å²) in [6.07, 6.45) is 7.11. The molecule has 0 unspecified atom stereocenters. The first-order chi connectivity index (χ1) is 9.25. The topological polar surface area (TPSA) is 26.4 Å². The van der Waals surface area contributed by atoms with Gasteiger partial charge < -0.3 is 0 Å². The second-order valence-electron chi connectivity index (χ2n) is 7.16. The average molecular weight is 281 g/mol. The molecule has 0 spiro atoms. The normalized spacial score (nSPS) is 21.5. The van der Waals surface area contributed by atoms with Gasteiger partial charge in [-0.2, -0.15) is 0 Å². The Morgan fingerprint density at radius 1 is 1.05 bits per heavy atom. The average Bonchev–Trinajstić information content (AvgIpc) is 2.53. The smallest absolute Gasteiger partial charge is 0.0668 e. The van der Waals surface area contributed by atoms with Crippen molar-refractivity contribution < 1.29 is 5.21 Å². The molecule has 3 heteroatoms. The molecule has 0 aliphatic carbocycles. The van der Waals surface area contributed by atoms with Gasteiger partial charge in [-0.3, -0.25) is 4.90 Å². The molecule has 0 amide bonds. The highest BCUT2D eigenvalue weighted by molar-refractivity contribution is 5.30. The first kappa shape index (κ1) is 17.7. The molecule has 0 aromatic carbocycles. The van der Waals surface area contributed by atoms with Crippen LogP contribution in [0.15, 0.2) is 11.6 Å². The van der Waals surface area contributed by atoms with Crippen molar-refractivity contribution in [2.75, 3.05) is 19.6 Å². The zero-order chi connectivity index (χ0) is 15.4. The van der Waals surface area contributed by atoms with Crippen LogP contribution in [-0.4, -0.2) is 40.7 Å². The van der Waals surface area contributed by atoms with Gasteiger partial charge in [0, 0.05) is 6.54 Å². The molecule has 1 aliphatic rings. The van der Waals surface area contributed by atoms with Crippen molar-refractivity contribution in [3.05, 3.63) is 11.6 Å². The molecule has 1 heterocycles. The second kappa shape index (κ2) is 7.06. The molecule has 1 aliphatic heterocycles. The highest BCUT2D eigenvalue weighted by Crippen LogP contribution is 2.38. The van der Waals surface area contributed by atoms with Crippen LogP contribution in [-0.2, 0) is 5.21 Å². The van der Waals surface area contributed by atoms with Gasteiger partial charge in [0.05, 0.1) is 11.1 Å². The summed E-state index contributed by atoms with van der Waals surface area (Å²) >= 11 is 0. The molecule has 0 atom stereocenters. The van der Waals surface area contributed by atoms with Crippen LogP contribution in [0, 0.1) is 0 Å². The van der Waals surface area contributed by atoms with E-state index in [9.17, 15) is 5.21 Å². The van der Waals surface area contributed by atoms with Gasteiger partial charge in [-0.1, -0.05) is 32.8 Å². The van der Waals surface area contributed by atoms with E-state index in [1.807, 2.05) is 13.8 Å². The van der Waals surface area contributed by atoms with Crippen molar-refractivity contribution in [3.8, 4) is 0 Å². The van der Waals surface area contributed by atoms with Crippen molar-refractivity contribution in [1.29, 1.82) is 0 Å². The standard InChI is InChI=1S/C17H33N2O/c1-7-9-11-18(12-10-8-2)14-15-13-16(3,4)19(20)17(15,5)6/h13H,7-12,14H2,1-6H3. The Bertz CT molecular complexity index is 326. The lowest BCUT2D eigenvalue weighted by Gasteiger charge is -2.35. The van der Waals surface area contributed by atoms with Crippen molar-refractivity contribution in [2.24, 2.45) is 0 Å². The van der Waals surface area contributed by atoms with E-state index in [0.29, 0.717) is 0 Å². The van der Waals surface area contributed by atoms with Crippen molar-refractivity contribution in [3.63, 3.8) is 0 Å².